The molecular weight excluding hydrogens is 753 g/mol. The van der Waals surface area contributed by atoms with E-state index in [0.717, 1.165) is 33.6 Å². The van der Waals surface area contributed by atoms with Crippen molar-refractivity contribution in [2.24, 2.45) is 35.8 Å². The summed E-state index contributed by atoms with van der Waals surface area (Å²) in [6.45, 7) is 19.3. The molecule has 0 bridgehead atoms. The molecule has 4 atom stereocenters. The lowest BCUT2D eigenvalue weighted by atomic mass is 9.81. The highest BCUT2D eigenvalue weighted by molar-refractivity contribution is 5.84. The molecule has 0 saturated heterocycles. The average Bonchev–Trinajstić information content (AvgIpc) is 4.03. The number of aromatic nitrogens is 6. The maximum absolute atomic E-state index is 13.7. The summed E-state index contributed by atoms with van der Waals surface area (Å²) in [4.78, 5) is 43.8. The molecular formula is C48H62N8O4. The minimum Gasteiger partial charge on any atom is -0.386 e. The number of carbonyl (C=O) groups excluding carboxylic acids is 2. The minimum absolute atomic E-state index is 0.268. The van der Waals surface area contributed by atoms with Crippen LogP contribution in [0.5, 0.6) is 0 Å². The van der Waals surface area contributed by atoms with Gasteiger partial charge in [0.15, 0.2) is 0 Å². The number of amides is 2. The number of aryl methyl sites for hydroxylation is 2. The third kappa shape index (κ3) is 8.90. The molecule has 0 aliphatic carbocycles. The standard InChI is InChI=1S/C48H62N8O4/c1-45(2,3)37(53-43(59)47(7,8)39(57)35-15-13-25-55(35)11)41-49-27-33(51-41)31-21-17-29(18-22-31)30-19-23-32(24-20-30)34-28-50-42(52-34)38(46(4,5)6)54-44(60)48(9,10)40(58)36-16-14-26-56(36)12/h13-28,37-40,57-58H,1-12H3,(H,49,51)(H,50,52)(H,53,59)(H,54,60). The SMILES string of the molecule is Cn1cccc1C(O)C(C)(C)C(=O)NC(c1ncc(-c2ccc(-c3ccc(-c4cnc(C(NC(=O)C(C)(C)C(O)c5cccn5C)C(C)(C)C)[nH]4)cc3)cc2)[nH]1)C(C)(C)C. The average molecular weight is 815 g/mol. The number of H-pyrrole nitrogens is 2. The summed E-state index contributed by atoms with van der Waals surface area (Å²) in [6.07, 6.45) is 5.30. The maximum Gasteiger partial charge on any atom is 0.229 e. The number of hydrogen-bond acceptors (Lipinski definition) is 6. The predicted molar refractivity (Wildman–Crippen MR) is 236 cm³/mol. The van der Waals surface area contributed by atoms with E-state index >= 15 is 0 Å². The number of rotatable bonds is 13. The van der Waals surface area contributed by atoms with Crippen molar-refractivity contribution in [3.8, 4) is 33.6 Å². The summed E-state index contributed by atoms with van der Waals surface area (Å²) >= 11 is 0. The Balaban J connectivity index is 1.14. The van der Waals surface area contributed by atoms with Crippen molar-refractivity contribution in [1.29, 1.82) is 0 Å². The first kappa shape index (κ1) is 43.8. The van der Waals surface area contributed by atoms with Crippen LogP contribution in [0.1, 0.15) is 117 Å². The van der Waals surface area contributed by atoms with Crippen molar-refractivity contribution in [1.82, 2.24) is 39.7 Å². The van der Waals surface area contributed by atoms with Gasteiger partial charge in [0.05, 0.1) is 46.7 Å². The van der Waals surface area contributed by atoms with E-state index in [1.165, 1.54) is 0 Å². The fourth-order valence-corrected chi connectivity index (χ4v) is 7.47. The van der Waals surface area contributed by atoms with Crippen LogP contribution in [0.25, 0.3) is 33.6 Å². The normalized spacial score (nSPS) is 14.7. The molecule has 6 N–H and O–H groups in total. The first-order valence-electron chi connectivity index (χ1n) is 20.5. The van der Waals surface area contributed by atoms with Crippen molar-refractivity contribution in [2.75, 3.05) is 0 Å². The third-order valence-electron chi connectivity index (χ3n) is 11.8. The first-order valence-corrected chi connectivity index (χ1v) is 20.5. The molecule has 0 aliphatic rings. The molecule has 12 nitrogen and oxygen atoms in total. The fraction of sp³-hybridized carbons (Fsp3) is 0.417. The zero-order valence-electron chi connectivity index (χ0n) is 37.0. The quantitative estimate of drug-likeness (QED) is 0.0683. The zero-order chi connectivity index (χ0) is 43.9. The smallest absolute Gasteiger partial charge is 0.229 e. The number of aliphatic hydroxyl groups excluding tert-OH is 2. The molecule has 0 spiro atoms. The second-order valence-corrected chi connectivity index (χ2v) is 19.4. The Labute approximate surface area is 353 Å². The summed E-state index contributed by atoms with van der Waals surface area (Å²) in [5.41, 5.74) is 4.06. The number of benzene rings is 2. The van der Waals surface area contributed by atoms with Crippen LogP contribution < -0.4 is 10.6 Å². The number of aromatic amines is 2. The van der Waals surface area contributed by atoms with E-state index in [1.807, 2.05) is 84.2 Å². The lowest BCUT2D eigenvalue weighted by molar-refractivity contribution is -0.138. The van der Waals surface area contributed by atoms with Gasteiger partial charge in [-0.2, -0.15) is 0 Å². The van der Waals surface area contributed by atoms with E-state index < -0.39 is 35.1 Å². The molecule has 60 heavy (non-hydrogen) atoms. The summed E-state index contributed by atoms with van der Waals surface area (Å²) in [5, 5.41) is 28.8. The highest BCUT2D eigenvalue weighted by Gasteiger charge is 2.43. The van der Waals surface area contributed by atoms with Gasteiger partial charge >= 0.3 is 0 Å². The topological polar surface area (TPSA) is 166 Å². The second-order valence-electron chi connectivity index (χ2n) is 19.4. The van der Waals surface area contributed by atoms with Gasteiger partial charge < -0.3 is 39.9 Å². The predicted octanol–water partition coefficient (Wildman–Crippen LogP) is 8.74. The Morgan fingerprint density at radius 3 is 1.15 bits per heavy atom. The summed E-state index contributed by atoms with van der Waals surface area (Å²) in [6, 6.07) is 23.0. The molecule has 2 aromatic carbocycles. The van der Waals surface area contributed by atoms with Crippen molar-refractivity contribution in [3.05, 3.63) is 121 Å². The Morgan fingerprint density at radius 1 is 0.550 bits per heavy atom. The Kier molecular flexibility index (Phi) is 12.0. The van der Waals surface area contributed by atoms with Crippen LogP contribution in [0.2, 0.25) is 0 Å². The van der Waals surface area contributed by atoms with Gasteiger partial charge in [0.25, 0.3) is 0 Å². The number of imidazole rings is 2. The summed E-state index contributed by atoms with van der Waals surface area (Å²) in [5.74, 6) is 0.739. The Bertz CT molecular complexity index is 2250. The van der Waals surface area contributed by atoms with Gasteiger partial charge in [0, 0.05) is 37.9 Å². The number of carbonyl (C=O) groups is 2. The van der Waals surface area contributed by atoms with Crippen LogP contribution in [0.4, 0.5) is 0 Å². The maximum atomic E-state index is 13.7. The van der Waals surface area contributed by atoms with Crippen LogP contribution >= 0.6 is 0 Å². The molecule has 0 saturated carbocycles. The molecule has 4 heterocycles. The van der Waals surface area contributed by atoms with Gasteiger partial charge in [-0.1, -0.05) is 90.1 Å². The lowest BCUT2D eigenvalue weighted by Gasteiger charge is -2.35. The second kappa shape index (κ2) is 16.4. The Hall–Kier alpha value is -5.72. The molecule has 4 unspecified atom stereocenters. The first-order chi connectivity index (χ1) is 28.0. The largest absolute Gasteiger partial charge is 0.386 e. The number of aliphatic hydroxyl groups is 2. The van der Waals surface area contributed by atoms with Crippen molar-refractivity contribution in [2.45, 2.75) is 93.5 Å². The number of nitrogens with zero attached hydrogens (tertiary/aromatic N) is 4. The van der Waals surface area contributed by atoms with Gasteiger partial charge in [0.1, 0.15) is 23.9 Å². The highest BCUT2D eigenvalue weighted by atomic mass is 16.3. The van der Waals surface area contributed by atoms with Crippen LogP contribution in [-0.4, -0.2) is 51.1 Å². The van der Waals surface area contributed by atoms with Gasteiger partial charge in [0.2, 0.25) is 11.8 Å². The number of nitrogens with one attached hydrogen (secondary N) is 4. The van der Waals surface area contributed by atoms with Crippen LogP contribution in [-0.2, 0) is 23.7 Å². The third-order valence-corrected chi connectivity index (χ3v) is 11.8. The van der Waals surface area contributed by atoms with Gasteiger partial charge in [-0.15, -0.1) is 0 Å². The molecule has 0 radical (unpaired) electrons. The molecule has 6 rings (SSSR count). The summed E-state index contributed by atoms with van der Waals surface area (Å²) < 4.78 is 3.65. The van der Waals surface area contributed by atoms with Crippen molar-refractivity contribution < 1.29 is 19.8 Å². The van der Waals surface area contributed by atoms with Crippen molar-refractivity contribution >= 4 is 11.8 Å². The molecule has 4 aromatic heterocycles. The zero-order valence-corrected chi connectivity index (χ0v) is 37.0. The van der Waals surface area contributed by atoms with E-state index in [9.17, 15) is 19.8 Å². The van der Waals surface area contributed by atoms with E-state index in [4.69, 9.17) is 9.97 Å². The Morgan fingerprint density at radius 2 is 0.867 bits per heavy atom. The molecule has 0 fully saturated rings. The fourth-order valence-electron chi connectivity index (χ4n) is 7.47. The summed E-state index contributed by atoms with van der Waals surface area (Å²) in [7, 11) is 3.71. The van der Waals surface area contributed by atoms with Crippen LogP contribution in [0.15, 0.2) is 97.6 Å². The number of hydrogen-bond donors (Lipinski definition) is 6. The van der Waals surface area contributed by atoms with E-state index in [1.54, 1.807) is 40.1 Å². The van der Waals surface area contributed by atoms with E-state index in [2.05, 4.69) is 86.4 Å². The molecule has 318 valence electrons. The van der Waals surface area contributed by atoms with Gasteiger partial charge in [-0.05, 0) is 85.0 Å². The highest BCUT2D eigenvalue weighted by Crippen LogP contribution is 2.40. The van der Waals surface area contributed by atoms with E-state index in [0.29, 0.717) is 23.0 Å². The van der Waals surface area contributed by atoms with Crippen LogP contribution in [0, 0.1) is 21.7 Å². The lowest BCUT2D eigenvalue weighted by Crippen LogP contribution is -2.46. The minimum atomic E-state index is -1.10. The van der Waals surface area contributed by atoms with Gasteiger partial charge in [-0.3, -0.25) is 9.59 Å². The van der Waals surface area contributed by atoms with Gasteiger partial charge in [-0.25, -0.2) is 9.97 Å². The monoisotopic (exact) mass is 814 g/mol. The molecule has 2 amide bonds. The van der Waals surface area contributed by atoms with Crippen LogP contribution in [0.3, 0.4) is 0 Å². The molecule has 0 aliphatic heterocycles. The molecule has 6 aromatic rings. The van der Waals surface area contributed by atoms with E-state index in [-0.39, 0.29) is 22.6 Å². The van der Waals surface area contributed by atoms with Crippen molar-refractivity contribution in [3.63, 3.8) is 0 Å². The molecule has 12 heteroatoms.